The Bertz CT molecular complexity index is 606. The van der Waals surface area contributed by atoms with E-state index in [1.54, 1.807) is 24.6 Å². The number of guanidine groups is 1. The number of aromatic nitrogens is 1. The van der Waals surface area contributed by atoms with Crippen molar-refractivity contribution in [1.82, 2.24) is 15.6 Å². The number of hydrogen-bond donors (Lipinski definition) is 2. The topological polar surface area (TPSA) is 67.8 Å². The first kappa shape index (κ1) is 21.7. The number of rotatable bonds is 9. The summed E-state index contributed by atoms with van der Waals surface area (Å²) < 4.78 is 10.4. The van der Waals surface area contributed by atoms with E-state index in [9.17, 15) is 0 Å². The lowest BCUT2D eigenvalue weighted by molar-refractivity contribution is 0.143. The molecule has 2 heterocycles. The number of pyridine rings is 1. The van der Waals surface area contributed by atoms with E-state index >= 15 is 0 Å². The molecule has 0 aliphatic carbocycles. The summed E-state index contributed by atoms with van der Waals surface area (Å²) in [6, 6.07) is 7.98. The van der Waals surface area contributed by atoms with Crippen molar-refractivity contribution in [3.05, 3.63) is 46.3 Å². The molecule has 0 unspecified atom stereocenters. The first-order valence-electron chi connectivity index (χ1n) is 7.93. The molecule has 0 fully saturated rings. The Balaban J connectivity index is 0.00000312. The predicted octanol–water partition coefficient (Wildman–Crippen LogP) is 3.04. The van der Waals surface area contributed by atoms with Crippen LogP contribution in [0.25, 0.3) is 0 Å². The van der Waals surface area contributed by atoms with Crippen LogP contribution in [0.3, 0.4) is 0 Å². The fourth-order valence-corrected chi connectivity index (χ4v) is 2.56. The largest absolute Gasteiger partial charge is 0.475 e. The Morgan fingerprint density at radius 3 is 2.76 bits per heavy atom. The number of nitrogens with zero attached hydrogens (tertiary/aromatic N) is 2. The van der Waals surface area contributed by atoms with Crippen LogP contribution in [0.1, 0.15) is 17.4 Å². The first-order valence-corrected chi connectivity index (χ1v) is 8.81. The van der Waals surface area contributed by atoms with E-state index in [-0.39, 0.29) is 24.0 Å². The first-order chi connectivity index (χ1) is 11.8. The molecule has 0 saturated heterocycles. The maximum Gasteiger partial charge on any atom is 0.213 e. The molecule has 2 aromatic rings. The Morgan fingerprint density at radius 1 is 1.24 bits per heavy atom. The van der Waals surface area contributed by atoms with Crippen LogP contribution in [-0.2, 0) is 17.8 Å². The summed E-state index contributed by atoms with van der Waals surface area (Å²) in [5.41, 5.74) is 1.03. The van der Waals surface area contributed by atoms with Gasteiger partial charge in [-0.3, -0.25) is 0 Å². The van der Waals surface area contributed by atoms with Crippen molar-refractivity contribution in [3.8, 4) is 5.88 Å². The van der Waals surface area contributed by atoms with Gasteiger partial charge >= 0.3 is 0 Å². The molecule has 0 amide bonds. The van der Waals surface area contributed by atoms with Crippen molar-refractivity contribution in [3.63, 3.8) is 0 Å². The molecule has 0 aliphatic heterocycles. The quantitative estimate of drug-likeness (QED) is 0.252. The molecule has 2 aromatic heterocycles. The third-order valence-corrected chi connectivity index (χ3v) is 3.99. The molecule has 0 radical (unpaired) electrons. The molecular formula is C17H25IN4O2S. The molecule has 0 aliphatic rings. The average Bonchev–Trinajstić information content (AvgIpc) is 3.12. The number of thiophene rings is 1. The van der Waals surface area contributed by atoms with E-state index in [4.69, 9.17) is 9.47 Å². The zero-order valence-electron chi connectivity index (χ0n) is 14.5. The van der Waals surface area contributed by atoms with E-state index in [0.29, 0.717) is 25.6 Å². The monoisotopic (exact) mass is 476 g/mol. The number of nitrogens with one attached hydrogen (secondary N) is 2. The summed E-state index contributed by atoms with van der Waals surface area (Å²) in [7, 11) is 1.65. The van der Waals surface area contributed by atoms with Gasteiger partial charge in [0.25, 0.3) is 0 Å². The van der Waals surface area contributed by atoms with Crippen LogP contribution in [0.4, 0.5) is 0 Å². The van der Waals surface area contributed by atoms with Gasteiger partial charge in [-0.25, -0.2) is 9.98 Å². The fraction of sp³-hybridized carbons (Fsp3) is 0.412. The molecule has 2 rings (SSSR count). The van der Waals surface area contributed by atoms with Gasteiger partial charge in [-0.1, -0.05) is 12.1 Å². The van der Waals surface area contributed by atoms with Crippen molar-refractivity contribution in [2.24, 2.45) is 4.99 Å². The molecule has 0 saturated carbocycles. The second-order valence-electron chi connectivity index (χ2n) is 4.97. The minimum Gasteiger partial charge on any atom is -0.475 e. The van der Waals surface area contributed by atoms with E-state index in [1.807, 2.05) is 18.2 Å². The summed E-state index contributed by atoms with van der Waals surface area (Å²) in [5.74, 6) is 1.40. The van der Waals surface area contributed by atoms with Crippen LogP contribution < -0.4 is 15.4 Å². The van der Waals surface area contributed by atoms with Gasteiger partial charge in [0.05, 0.1) is 19.7 Å². The second kappa shape index (κ2) is 12.9. The Kier molecular flexibility index (Phi) is 11.2. The van der Waals surface area contributed by atoms with Crippen LogP contribution >= 0.6 is 35.3 Å². The van der Waals surface area contributed by atoms with Gasteiger partial charge < -0.3 is 20.1 Å². The van der Waals surface area contributed by atoms with Crippen LogP contribution in [0.2, 0.25) is 0 Å². The Labute approximate surface area is 170 Å². The summed E-state index contributed by atoms with van der Waals surface area (Å²) in [6.45, 7) is 5.25. The van der Waals surface area contributed by atoms with Crippen molar-refractivity contribution >= 4 is 41.3 Å². The SMILES string of the molecule is CCNC(=NCc1ccc(OCCOC)nc1)NCc1cccs1.I. The van der Waals surface area contributed by atoms with Crippen LogP contribution in [0.5, 0.6) is 5.88 Å². The lowest BCUT2D eigenvalue weighted by Crippen LogP contribution is -2.36. The third kappa shape index (κ3) is 8.50. The lowest BCUT2D eigenvalue weighted by Gasteiger charge is -2.10. The second-order valence-corrected chi connectivity index (χ2v) is 6.01. The molecule has 0 spiro atoms. The molecule has 0 atom stereocenters. The molecule has 6 nitrogen and oxygen atoms in total. The smallest absolute Gasteiger partial charge is 0.213 e. The zero-order chi connectivity index (χ0) is 17.0. The minimum absolute atomic E-state index is 0. The number of aliphatic imine (C=N–C) groups is 1. The van der Waals surface area contributed by atoms with E-state index in [1.165, 1.54) is 4.88 Å². The van der Waals surface area contributed by atoms with Crippen LogP contribution in [0, 0.1) is 0 Å². The highest BCUT2D eigenvalue weighted by molar-refractivity contribution is 14.0. The van der Waals surface area contributed by atoms with Crippen molar-refractivity contribution in [2.45, 2.75) is 20.0 Å². The average molecular weight is 476 g/mol. The van der Waals surface area contributed by atoms with E-state index in [2.05, 4.69) is 39.0 Å². The van der Waals surface area contributed by atoms with E-state index < -0.39 is 0 Å². The van der Waals surface area contributed by atoms with Gasteiger partial charge in [0.15, 0.2) is 5.96 Å². The Morgan fingerprint density at radius 2 is 2.12 bits per heavy atom. The highest BCUT2D eigenvalue weighted by Crippen LogP contribution is 2.09. The van der Waals surface area contributed by atoms with Gasteiger partial charge in [0, 0.05) is 30.8 Å². The zero-order valence-corrected chi connectivity index (χ0v) is 17.7. The normalized spacial score (nSPS) is 10.9. The molecule has 2 N–H and O–H groups in total. The molecule has 0 aromatic carbocycles. The molecule has 138 valence electrons. The predicted molar refractivity (Wildman–Crippen MR) is 113 cm³/mol. The van der Waals surface area contributed by atoms with Crippen LogP contribution in [-0.4, -0.2) is 37.8 Å². The highest BCUT2D eigenvalue weighted by atomic mass is 127. The van der Waals surface area contributed by atoms with Gasteiger partial charge in [0.1, 0.15) is 6.61 Å². The summed E-state index contributed by atoms with van der Waals surface area (Å²) >= 11 is 1.73. The highest BCUT2D eigenvalue weighted by Gasteiger charge is 2.00. The maximum absolute atomic E-state index is 5.45. The maximum atomic E-state index is 5.45. The standard InChI is InChI=1S/C17H24N4O2S.HI/c1-3-18-17(21-13-15-5-4-10-24-15)20-12-14-6-7-16(19-11-14)23-9-8-22-2;/h4-7,10-11H,3,8-9,12-13H2,1-2H3,(H2,18,20,21);1H. The van der Waals surface area contributed by atoms with Crippen molar-refractivity contribution in [2.75, 3.05) is 26.9 Å². The molecular weight excluding hydrogens is 451 g/mol. The molecule has 0 bridgehead atoms. The molecule has 8 heteroatoms. The lowest BCUT2D eigenvalue weighted by atomic mass is 10.3. The van der Waals surface area contributed by atoms with Gasteiger partial charge in [-0.05, 0) is 23.9 Å². The van der Waals surface area contributed by atoms with Gasteiger partial charge in [-0.15, -0.1) is 35.3 Å². The van der Waals surface area contributed by atoms with Crippen molar-refractivity contribution in [1.29, 1.82) is 0 Å². The number of halogens is 1. The van der Waals surface area contributed by atoms with Gasteiger partial charge in [-0.2, -0.15) is 0 Å². The fourth-order valence-electron chi connectivity index (χ4n) is 1.92. The van der Waals surface area contributed by atoms with E-state index in [0.717, 1.165) is 24.6 Å². The third-order valence-electron chi connectivity index (χ3n) is 3.11. The minimum atomic E-state index is 0. The summed E-state index contributed by atoms with van der Waals surface area (Å²) in [6.07, 6.45) is 1.79. The number of methoxy groups -OCH3 is 1. The summed E-state index contributed by atoms with van der Waals surface area (Å²) in [4.78, 5) is 10.1. The Hall–Kier alpha value is -1.39. The summed E-state index contributed by atoms with van der Waals surface area (Å²) in [5, 5.41) is 8.65. The van der Waals surface area contributed by atoms with Crippen LogP contribution in [0.15, 0.2) is 40.8 Å². The van der Waals surface area contributed by atoms with Crippen molar-refractivity contribution < 1.29 is 9.47 Å². The molecule has 25 heavy (non-hydrogen) atoms. The number of ether oxygens (including phenoxy) is 2. The number of hydrogen-bond acceptors (Lipinski definition) is 5. The van der Waals surface area contributed by atoms with Gasteiger partial charge in [0.2, 0.25) is 5.88 Å².